The molecule has 2 fully saturated rings. The second-order valence-electron chi connectivity index (χ2n) is 6.41. The van der Waals surface area contributed by atoms with Crippen LogP contribution < -0.4 is 9.80 Å². The van der Waals surface area contributed by atoms with Gasteiger partial charge in [-0.2, -0.15) is 0 Å². The monoisotopic (exact) mass is 383 g/mol. The van der Waals surface area contributed by atoms with E-state index in [2.05, 4.69) is 16.5 Å². The standard InChI is InChI=1S/C20H21N3O3S/c1-15-19(24)23(16-9-4-3-5-10-16)20(25)27(15,26-2)18-12-8-14-22(18)17-11-6-7-13-21-17/h3-7,9-11,13,18H,1,8,12,14H2,2H3/t18-/m0/s1. The summed E-state index contributed by atoms with van der Waals surface area (Å²) in [6, 6.07) is 14.6. The number of imide groups is 1. The molecule has 3 heterocycles. The highest BCUT2D eigenvalue weighted by atomic mass is 32.3. The summed E-state index contributed by atoms with van der Waals surface area (Å²) in [5.41, 5.74) is 0.544. The summed E-state index contributed by atoms with van der Waals surface area (Å²) < 4.78 is 5.88. The number of anilines is 2. The number of aromatic nitrogens is 1. The van der Waals surface area contributed by atoms with Gasteiger partial charge in [-0.25, -0.2) is 9.88 Å². The smallest absolute Gasteiger partial charge is 0.304 e. The Kier molecular flexibility index (Phi) is 4.49. The van der Waals surface area contributed by atoms with Crippen LogP contribution >= 0.6 is 10.3 Å². The summed E-state index contributed by atoms with van der Waals surface area (Å²) in [5, 5.41) is -0.561. The Morgan fingerprint density at radius 3 is 2.56 bits per heavy atom. The second-order valence-corrected chi connectivity index (χ2v) is 9.33. The predicted molar refractivity (Wildman–Crippen MR) is 108 cm³/mol. The molecule has 1 unspecified atom stereocenters. The number of benzene rings is 1. The molecule has 1 aromatic heterocycles. The first-order chi connectivity index (χ1) is 13.1. The summed E-state index contributed by atoms with van der Waals surface area (Å²) in [7, 11) is -1.04. The SMILES string of the molecule is C=C1C(=O)N(c2ccccc2)C(=O)S1(OC)[C@H]1CCCN1c1ccccn1. The summed E-state index contributed by atoms with van der Waals surface area (Å²) in [6.07, 6.45) is 3.38. The average Bonchev–Trinajstić information content (AvgIpc) is 3.26. The molecule has 2 aliphatic heterocycles. The number of para-hydroxylation sites is 1. The number of carbonyl (C=O) groups is 2. The van der Waals surface area contributed by atoms with Crippen LogP contribution in [0.5, 0.6) is 0 Å². The first-order valence-corrected chi connectivity index (χ1v) is 10.4. The summed E-state index contributed by atoms with van der Waals surface area (Å²) in [5.74, 6) is 0.408. The molecule has 2 amide bonds. The lowest BCUT2D eigenvalue weighted by atomic mass is 10.3. The Balaban J connectivity index is 1.78. The van der Waals surface area contributed by atoms with Crippen LogP contribution in [0.3, 0.4) is 0 Å². The van der Waals surface area contributed by atoms with Gasteiger partial charge in [0, 0.05) is 19.9 Å². The van der Waals surface area contributed by atoms with E-state index in [9.17, 15) is 9.59 Å². The zero-order valence-electron chi connectivity index (χ0n) is 15.1. The molecule has 0 spiro atoms. The molecule has 1 aromatic carbocycles. The lowest BCUT2D eigenvalue weighted by Crippen LogP contribution is -2.38. The van der Waals surface area contributed by atoms with Gasteiger partial charge in [-0.05, 0) is 47.4 Å². The predicted octanol–water partition coefficient (Wildman–Crippen LogP) is 4.05. The van der Waals surface area contributed by atoms with Crippen LogP contribution in [-0.4, -0.2) is 35.2 Å². The third-order valence-electron chi connectivity index (χ3n) is 5.05. The molecule has 7 heteroatoms. The lowest BCUT2D eigenvalue weighted by Gasteiger charge is -2.41. The van der Waals surface area contributed by atoms with E-state index in [0.717, 1.165) is 25.2 Å². The lowest BCUT2D eigenvalue weighted by molar-refractivity contribution is -0.113. The molecule has 2 aromatic rings. The summed E-state index contributed by atoms with van der Waals surface area (Å²) in [4.78, 5) is 34.6. The number of nitrogens with zero attached hydrogens (tertiary/aromatic N) is 3. The zero-order chi connectivity index (χ0) is 19.0. The van der Waals surface area contributed by atoms with Crippen LogP contribution in [0.2, 0.25) is 0 Å². The van der Waals surface area contributed by atoms with Gasteiger partial charge in [-0.1, -0.05) is 30.8 Å². The average molecular weight is 383 g/mol. The number of hydrogen-bond acceptors (Lipinski definition) is 5. The van der Waals surface area contributed by atoms with Crippen LogP contribution in [0.25, 0.3) is 0 Å². The minimum Gasteiger partial charge on any atom is -0.343 e. The normalized spacial score (nSPS) is 27.9. The molecule has 4 rings (SSSR count). The maximum absolute atomic E-state index is 13.6. The van der Waals surface area contributed by atoms with Gasteiger partial charge < -0.3 is 9.08 Å². The van der Waals surface area contributed by atoms with Gasteiger partial charge >= 0.3 is 5.24 Å². The van der Waals surface area contributed by atoms with E-state index in [1.165, 1.54) is 12.0 Å². The van der Waals surface area contributed by atoms with Gasteiger partial charge in [0.2, 0.25) is 0 Å². The molecule has 2 saturated heterocycles. The van der Waals surface area contributed by atoms with Crippen LogP contribution in [0.1, 0.15) is 12.8 Å². The Labute approximate surface area is 160 Å². The van der Waals surface area contributed by atoms with Crippen LogP contribution in [0.15, 0.2) is 66.2 Å². The maximum Gasteiger partial charge on any atom is 0.304 e. The van der Waals surface area contributed by atoms with Crippen LogP contribution in [0.4, 0.5) is 16.3 Å². The fraction of sp³-hybridized carbons (Fsp3) is 0.250. The van der Waals surface area contributed by atoms with Gasteiger partial charge in [-0.3, -0.25) is 9.59 Å². The van der Waals surface area contributed by atoms with E-state index >= 15 is 0 Å². The van der Waals surface area contributed by atoms with Gasteiger partial charge in [0.15, 0.2) is 0 Å². The van der Waals surface area contributed by atoms with Crippen molar-refractivity contribution in [1.82, 2.24) is 4.98 Å². The highest BCUT2D eigenvalue weighted by Crippen LogP contribution is 2.68. The molecule has 0 saturated carbocycles. The van der Waals surface area contributed by atoms with E-state index < -0.39 is 10.3 Å². The van der Waals surface area contributed by atoms with Crippen molar-refractivity contribution in [3.63, 3.8) is 0 Å². The van der Waals surface area contributed by atoms with Gasteiger partial charge in [0.1, 0.15) is 5.82 Å². The second kappa shape index (κ2) is 6.83. The van der Waals surface area contributed by atoms with E-state index in [-0.39, 0.29) is 21.4 Å². The number of rotatable bonds is 4. The van der Waals surface area contributed by atoms with E-state index in [1.54, 1.807) is 30.5 Å². The third kappa shape index (κ3) is 2.57. The molecular formula is C20H21N3O3S. The molecule has 0 radical (unpaired) electrons. The number of hydrogen-bond donors (Lipinski definition) is 0. The molecule has 0 aliphatic carbocycles. The molecule has 2 atom stereocenters. The molecule has 140 valence electrons. The molecule has 0 bridgehead atoms. The molecule has 2 aliphatic rings. The Bertz CT molecular complexity index is 890. The van der Waals surface area contributed by atoms with E-state index in [0.29, 0.717) is 5.69 Å². The van der Waals surface area contributed by atoms with Crippen molar-refractivity contribution in [2.24, 2.45) is 0 Å². The van der Waals surface area contributed by atoms with Crippen molar-refractivity contribution in [1.29, 1.82) is 0 Å². The molecule has 6 nitrogen and oxygen atoms in total. The largest absolute Gasteiger partial charge is 0.343 e. The minimum atomic E-state index is -2.55. The Hall–Kier alpha value is -2.64. The van der Waals surface area contributed by atoms with Crippen molar-refractivity contribution in [2.75, 3.05) is 23.5 Å². The van der Waals surface area contributed by atoms with Crippen LogP contribution in [-0.2, 0) is 8.98 Å². The highest BCUT2D eigenvalue weighted by Gasteiger charge is 2.59. The molecular weight excluding hydrogens is 362 g/mol. The van der Waals surface area contributed by atoms with E-state index in [4.69, 9.17) is 4.18 Å². The van der Waals surface area contributed by atoms with Crippen molar-refractivity contribution in [3.8, 4) is 0 Å². The third-order valence-corrected chi connectivity index (χ3v) is 8.44. The highest BCUT2D eigenvalue weighted by molar-refractivity contribution is 8.46. The first kappa shape index (κ1) is 17.8. The quantitative estimate of drug-likeness (QED) is 0.745. The zero-order valence-corrected chi connectivity index (χ0v) is 15.9. The number of amides is 2. The van der Waals surface area contributed by atoms with E-state index in [1.807, 2.05) is 24.3 Å². The van der Waals surface area contributed by atoms with Crippen LogP contribution in [0, 0.1) is 0 Å². The van der Waals surface area contributed by atoms with Crippen molar-refractivity contribution >= 4 is 33.0 Å². The number of carbonyl (C=O) groups excluding carboxylic acids is 2. The Morgan fingerprint density at radius 2 is 1.89 bits per heavy atom. The van der Waals surface area contributed by atoms with Crippen molar-refractivity contribution in [3.05, 3.63) is 66.2 Å². The molecule has 27 heavy (non-hydrogen) atoms. The fourth-order valence-corrected chi connectivity index (χ4v) is 7.03. The topological polar surface area (TPSA) is 62.7 Å². The van der Waals surface area contributed by atoms with Crippen molar-refractivity contribution < 1.29 is 13.8 Å². The van der Waals surface area contributed by atoms with Crippen molar-refractivity contribution in [2.45, 2.75) is 18.2 Å². The van der Waals surface area contributed by atoms with Gasteiger partial charge in [-0.15, -0.1) is 0 Å². The Morgan fingerprint density at radius 1 is 1.15 bits per heavy atom. The summed E-state index contributed by atoms with van der Waals surface area (Å²) in [6.45, 7) is 4.78. The molecule has 0 N–H and O–H groups in total. The first-order valence-electron chi connectivity index (χ1n) is 8.79. The minimum absolute atomic E-state index is 0.255. The maximum atomic E-state index is 13.6. The summed E-state index contributed by atoms with van der Waals surface area (Å²) >= 11 is 0. The number of pyridine rings is 1. The van der Waals surface area contributed by atoms with Gasteiger partial charge in [0.05, 0.1) is 16.0 Å². The van der Waals surface area contributed by atoms with Gasteiger partial charge in [0.25, 0.3) is 5.91 Å². The fourth-order valence-electron chi connectivity index (χ4n) is 3.81.